The van der Waals surface area contributed by atoms with Crippen molar-refractivity contribution in [2.75, 3.05) is 29.9 Å². The van der Waals surface area contributed by atoms with Crippen molar-refractivity contribution in [3.8, 4) is 5.95 Å². The van der Waals surface area contributed by atoms with Crippen LogP contribution >= 0.6 is 0 Å². The first-order valence-corrected chi connectivity index (χ1v) is 7.03. The standard InChI is InChI=1S/C13H21N7/c1-4-8-14-11-16-12(19(5-2)6-3)18-13(17-11)20-10-7-9-15-20/h7,9-10H,4-6,8H2,1-3H3,(H,14,16,17,18). The Kier molecular flexibility index (Phi) is 4.86. The summed E-state index contributed by atoms with van der Waals surface area (Å²) in [7, 11) is 0. The van der Waals surface area contributed by atoms with Gasteiger partial charge in [-0.25, -0.2) is 4.68 Å². The smallest absolute Gasteiger partial charge is 0.257 e. The van der Waals surface area contributed by atoms with Crippen molar-refractivity contribution in [3.05, 3.63) is 18.5 Å². The van der Waals surface area contributed by atoms with Gasteiger partial charge in [0.1, 0.15) is 0 Å². The van der Waals surface area contributed by atoms with Crippen molar-refractivity contribution in [1.29, 1.82) is 0 Å². The first-order chi connectivity index (χ1) is 9.78. The van der Waals surface area contributed by atoms with Crippen molar-refractivity contribution in [2.24, 2.45) is 0 Å². The number of anilines is 2. The fraction of sp³-hybridized carbons (Fsp3) is 0.538. The van der Waals surface area contributed by atoms with Gasteiger partial charge in [0.25, 0.3) is 5.95 Å². The fourth-order valence-electron chi connectivity index (χ4n) is 1.81. The molecule has 0 aliphatic heterocycles. The molecule has 7 nitrogen and oxygen atoms in total. The van der Waals surface area contributed by atoms with Crippen LogP contribution in [0.4, 0.5) is 11.9 Å². The van der Waals surface area contributed by atoms with E-state index in [0.29, 0.717) is 17.8 Å². The summed E-state index contributed by atoms with van der Waals surface area (Å²) in [5.74, 6) is 1.80. The molecule has 0 saturated heterocycles. The molecular weight excluding hydrogens is 254 g/mol. The third-order valence-corrected chi connectivity index (χ3v) is 2.90. The van der Waals surface area contributed by atoms with Crippen LogP contribution in [0.2, 0.25) is 0 Å². The zero-order chi connectivity index (χ0) is 14.4. The minimum absolute atomic E-state index is 0.533. The molecule has 0 bridgehead atoms. The maximum Gasteiger partial charge on any atom is 0.257 e. The van der Waals surface area contributed by atoms with E-state index in [1.165, 1.54) is 0 Å². The topological polar surface area (TPSA) is 71.8 Å². The summed E-state index contributed by atoms with van der Waals surface area (Å²) < 4.78 is 1.64. The van der Waals surface area contributed by atoms with Crippen LogP contribution in [0.25, 0.3) is 5.95 Å². The van der Waals surface area contributed by atoms with Gasteiger partial charge in [-0.3, -0.25) is 0 Å². The van der Waals surface area contributed by atoms with Crippen LogP contribution in [0.5, 0.6) is 0 Å². The number of nitrogens with one attached hydrogen (secondary N) is 1. The molecule has 1 N–H and O–H groups in total. The molecule has 0 saturated carbocycles. The Balaban J connectivity index is 2.38. The molecule has 0 aromatic carbocycles. The van der Waals surface area contributed by atoms with Crippen molar-refractivity contribution in [3.63, 3.8) is 0 Å². The van der Waals surface area contributed by atoms with Gasteiger partial charge in [0.2, 0.25) is 11.9 Å². The molecular formula is C13H21N7. The minimum Gasteiger partial charge on any atom is -0.354 e. The summed E-state index contributed by atoms with van der Waals surface area (Å²) in [4.78, 5) is 15.5. The van der Waals surface area contributed by atoms with Crippen LogP contribution in [-0.4, -0.2) is 44.4 Å². The molecule has 7 heteroatoms. The van der Waals surface area contributed by atoms with E-state index >= 15 is 0 Å². The number of nitrogens with zero attached hydrogens (tertiary/aromatic N) is 6. The highest BCUT2D eigenvalue weighted by Gasteiger charge is 2.12. The Hall–Kier alpha value is -2.18. The lowest BCUT2D eigenvalue weighted by Crippen LogP contribution is -2.26. The van der Waals surface area contributed by atoms with E-state index in [1.807, 2.05) is 12.3 Å². The zero-order valence-corrected chi connectivity index (χ0v) is 12.2. The van der Waals surface area contributed by atoms with Gasteiger partial charge in [-0.05, 0) is 26.3 Å². The summed E-state index contributed by atoms with van der Waals surface area (Å²) in [6, 6.07) is 1.85. The molecule has 0 aliphatic rings. The summed E-state index contributed by atoms with van der Waals surface area (Å²) in [6.07, 6.45) is 4.55. The van der Waals surface area contributed by atoms with Crippen LogP contribution in [0.1, 0.15) is 27.2 Å². The zero-order valence-electron chi connectivity index (χ0n) is 12.2. The second-order valence-electron chi connectivity index (χ2n) is 4.31. The summed E-state index contributed by atoms with van der Waals surface area (Å²) >= 11 is 0. The third kappa shape index (κ3) is 3.23. The highest BCUT2D eigenvalue weighted by atomic mass is 15.4. The van der Waals surface area contributed by atoms with E-state index in [9.17, 15) is 0 Å². The molecule has 2 rings (SSSR count). The Morgan fingerprint density at radius 3 is 2.55 bits per heavy atom. The van der Waals surface area contributed by atoms with Gasteiger partial charge in [-0.2, -0.15) is 20.1 Å². The van der Waals surface area contributed by atoms with Gasteiger partial charge in [-0.1, -0.05) is 6.92 Å². The number of aromatic nitrogens is 5. The number of hydrogen-bond donors (Lipinski definition) is 1. The summed E-state index contributed by atoms with van der Waals surface area (Å²) in [5, 5.41) is 7.39. The molecule has 0 spiro atoms. The lowest BCUT2D eigenvalue weighted by molar-refractivity contribution is 0.760. The fourth-order valence-corrected chi connectivity index (χ4v) is 1.81. The molecule has 0 amide bonds. The molecule has 0 unspecified atom stereocenters. The Labute approximate surface area is 119 Å². The molecule has 0 fully saturated rings. The van der Waals surface area contributed by atoms with Crippen LogP contribution in [0.3, 0.4) is 0 Å². The van der Waals surface area contributed by atoms with Gasteiger partial charge < -0.3 is 10.2 Å². The highest BCUT2D eigenvalue weighted by molar-refractivity contribution is 5.39. The van der Waals surface area contributed by atoms with E-state index in [0.717, 1.165) is 26.1 Å². The van der Waals surface area contributed by atoms with Gasteiger partial charge in [0.05, 0.1) is 0 Å². The predicted molar refractivity (Wildman–Crippen MR) is 79.3 cm³/mol. The lowest BCUT2D eigenvalue weighted by Gasteiger charge is -2.19. The van der Waals surface area contributed by atoms with Gasteiger partial charge in [0.15, 0.2) is 0 Å². The molecule has 0 aliphatic carbocycles. The largest absolute Gasteiger partial charge is 0.354 e. The third-order valence-electron chi connectivity index (χ3n) is 2.90. The predicted octanol–water partition coefficient (Wildman–Crippen LogP) is 1.73. The number of rotatable bonds is 7. The lowest BCUT2D eigenvalue weighted by atomic mass is 10.5. The SMILES string of the molecule is CCCNc1nc(N(CC)CC)nc(-n2cccn2)n1. The summed E-state index contributed by atoms with van der Waals surface area (Å²) in [6.45, 7) is 8.81. The number of hydrogen-bond acceptors (Lipinski definition) is 6. The molecule has 2 aromatic rings. The molecule has 2 aromatic heterocycles. The van der Waals surface area contributed by atoms with Crippen molar-refractivity contribution in [2.45, 2.75) is 27.2 Å². The molecule has 0 radical (unpaired) electrons. The van der Waals surface area contributed by atoms with Crippen LogP contribution in [0.15, 0.2) is 18.5 Å². The van der Waals surface area contributed by atoms with Crippen molar-refractivity contribution >= 4 is 11.9 Å². The highest BCUT2D eigenvalue weighted by Crippen LogP contribution is 2.12. The molecule has 108 valence electrons. The average Bonchev–Trinajstić information content (AvgIpc) is 3.00. The van der Waals surface area contributed by atoms with Gasteiger partial charge in [0, 0.05) is 32.0 Å². The van der Waals surface area contributed by atoms with Gasteiger partial charge >= 0.3 is 0 Å². The van der Waals surface area contributed by atoms with E-state index in [1.54, 1.807) is 10.9 Å². The van der Waals surface area contributed by atoms with E-state index < -0.39 is 0 Å². The maximum absolute atomic E-state index is 4.49. The summed E-state index contributed by atoms with van der Waals surface area (Å²) in [5.41, 5.74) is 0. The Morgan fingerprint density at radius 2 is 1.95 bits per heavy atom. The average molecular weight is 275 g/mol. The first kappa shape index (κ1) is 14.2. The van der Waals surface area contributed by atoms with E-state index in [4.69, 9.17) is 0 Å². The van der Waals surface area contributed by atoms with Crippen LogP contribution in [-0.2, 0) is 0 Å². The van der Waals surface area contributed by atoms with Crippen molar-refractivity contribution < 1.29 is 0 Å². The van der Waals surface area contributed by atoms with E-state index in [-0.39, 0.29) is 0 Å². The molecule has 20 heavy (non-hydrogen) atoms. The normalized spacial score (nSPS) is 10.6. The quantitative estimate of drug-likeness (QED) is 0.829. The maximum atomic E-state index is 4.49. The second-order valence-corrected chi connectivity index (χ2v) is 4.31. The second kappa shape index (κ2) is 6.83. The van der Waals surface area contributed by atoms with E-state index in [2.05, 4.69) is 51.0 Å². The van der Waals surface area contributed by atoms with Crippen molar-refractivity contribution in [1.82, 2.24) is 24.7 Å². The first-order valence-electron chi connectivity index (χ1n) is 7.03. The Bertz CT molecular complexity index is 520. The minimum atomic E-state index is 0.533. The Morgan fingerprint density at radius 1 is 1.15 bits per heavy atom. The van der Waals surface area contributed by atoms with Crippen LogP contribution < -0.4 is 10.2 Å². The monoisotopic (exact) mass is 275 g/mol. The molecule has 0 atom stereocenters. The molecule has 2 heterocycles. The van der Waals surface area contributed by atoms with Gasteiger partial charge in [-0.15, -0.1) is 0 Å². The van der Waals surface area contributed by atoms with Crippen LogP contribution in [0, 0.1) is 0 Å².